The summed E-state index contributed by atoms with van der Waals surface area (Å²) in [6, 6.07) is -1.01. The molecule has 12 heavy (non-hydrogen) atoms. The van der Waals surface area contributed by atoms with Crippen molar-refractivity contribution in [3.63, 3.8) is 0 Å². The third-order valence-corrected chi connectivity index (χ3v) is 2.04. The van der Waals surface area contributed by atoms with Crippen molar-refractivity contribution in [2.45, 2.75) is 6.04 Å². The number of nitrogens with one attached hydrogen (secondary N) is 2. The van der Waals surface area contributed by atoms with E-state index in [1.54, 1.807) is 18.8 Å². The maximum atomic E-state index is 10.1. The van der Waals surface area contributed by atoms with Crippen LogP contribution in [0.25, 0.3) is 11.5 Å². The van der Waals surface area contributed by atoms with Crippen LogP contribution >= 0.6 is 9.42 Å². The van der Waals surface area contributed by atoms with E-state index in [1.807, 2.05) is 0 Å². The molecular formula is C5H11ClN2O2PtS-. The third kappa shape index (κ3) is 10.7. The minimum absolute atomic E-state index is 0.313. The fourth-order valence-corrected chi connectivity index (χ4v) is 1.13. The van der Waals surface area contributed by atoms with Crippen LogP contribution in [0.5, 0.6) is 0 Å². The second-order valence-electron chi connectivity index (χ2n) is 1.77. The predicted molar refractivity (Wildman–Crippen MR) is 49.3 cm³/mol. The molecule has 0 heterocycles. The quantitative estimate of drug-likeness (QED) is 0.430. The average Bonchev–Trinajstić information content (AvgIpc) is 2.08. The summed E-state index contributed by atoms with van der Waals surface area (Å²) in [5.74, 6) is -0.0610. The molecule has 0 saturated carbocycles. The number of hydrogen-bond acceptors (Lipinski definition) is 1. The topological polar surface area (TPSA) is 84.9 Å². The van der Waals surface area contributed by atoms with Crippen LogP contribution in [-0.4, -0.2) is 35.2 Å². The Morgan fingerprint density at radius 1 is 1.67 bits per heavy atom. The van der Waals surface area contributed by atoms with Gasteiger partial charge in [-0.1, -0.05) is 0 Å². The molecule has 1 unspecified atom stereocenters. The van der Waals surface area contributed by atoms with Crippen molar-refractivity contribution in [2.75, 3.05) is 18.1 Å². The minimum atomic E-state index is -1.07. The maximum Gasteiger partial charge on any atom is 0.290 e. The Morgan fingerprint density at radius 2 is 2.17 bits per heavy atom. The number of aliphatic carboxylic acids is 1. The molecule has 1 atom stereocenters. The Balaban J connectivity index is 0. The fraction of sp³-hybridized carbons (Fsp3) is 0.800. The van der Waals surface area contributed by atoms with Crippen LogP contribution in [0.4, 0.5) is 0 Å². The molecule has 77 valence electrons. The van der Waals surface area contributed by atoms with Gasteiger partial charge in [0.2, 0.25) is 0 Å². The van der Waals surface area contributed by atoms with Crippen molar-refractivity contribution in [3.8, 4) is 0 Å². The van der Waals surface area contributed by atoms with Gasteiger partial charge in [-0.15, -0.1) is 6.54 Å². The van der Waals surface area contributed by atoms with Crippen molar-refractivity contribution in [3.05, 3.63) is 11.5 Å². The Morgan fingerprint density at radius 3 is 2.50 bits per heavy atom. The maximum absolute atomic E-state index is 10.1. The van der Waals surface area contributed by atoms with Gasteiger partial charge in [-0.05, 0) is 11.8 Å². The van der Waals surface area contributed by atoms with E-state index in [0.717, 1.165) is 11.8 Å². The fourth-order valence-electron chi connectivity index (χ4n) is 0.378. The molecule has 0 fully saturated rings. The Kier molecular flexibility index (Phi) is 14.8. The van der Waals surface area contributed by atoms with E-state index < -0.39 is 12.0 Å². The summed E-state index contributed by atoms with van der Waals surface area (Å²) in [5, 5.41) is 8.24. The number of carboxylic acids is 1. The van der Waals surface area contributed by atoms with Crippen LogP contribution in [0.3, 0.4) is 0 Å². The minimum Gasteiger partial charge on any atom is -0.674 e. The molecule has 0 bridgehead atoms. The van der Waals surface area contributed by atoms with Gasteiger partial charge in [0.15, 0.2) is 0 Å². The molecule has 0 radical (unpaired) electrons. The van der Waals surface area contributed by atoms with Crippen molar-refractivity contribution < 1.29 is 28.7 Å². The molecule has 0 aromatic rings. The number of carbonyl (C=O) groups is 1. The van der Waals surface area contributed by atoms with E-state index in [9.17, 15) is 4.79 Å². The van der Waals surface area contributed by atoms with Gasteiger partial charge in [0, 0.05) is 6.04 Å². The summed E-state index contributed by atoms with van der Waals surface area (Å²) in [6.45, 7) is 0.313. The Labute approximate surface area is 91.2 Å². The van der Waals surface area contributed by atoms with Gasteiger partial charge in [0.1, 0.15) is 0 Å². The molecule has 0 aliphatic rings. The van der Waals surface area contributed by atoms with Gasteiger partial charge < -0.3 is 16.6 Å². The first-order chi connectivity index (χ1) is 5.68. The van der Waals surface area contributed by atoms with Crippen LogP contribution in [0.15, 0.2) is 0 Å². The molecule has 0 aromatic carbocycles. The summed E-state index contributed by atoms with van der Waals surface area (Å²) in [6.07, 6.45) is 0. The van der Waals surface area contributed by atoms with Crippen LogP contribution < -0.4 is 0 Å². The molecule has 0 spiro atoms. The van der Waals surface area contributed by atoms with Gasteiger partial charge in [0.25, 0.3) is 5.97 Å². The number of hydrogen-bond donors (Lipinski definition) is 1. The normalized spacial score (nSPS) is 11.4. The van der Waals surface area contributed by atoms with Crippen LogP contribution in [-0.2, 0) is 35.3 Å². The molecule has 0 aliphatic heterocycles. The van der Waals surface area contributed by atoms with Crippen LogP contribution in [0.2, 0.25) is 0 Å². The standard InChI is InChI=1S/C5H10N2O2S.ClH.Pt/c6-1-2-10-3-4(7)5(8)9;;/h4,6-7H,1-3H2,(H,8,9);1H;/q-2;;+1. The van der Waals surface area contributed by atoms with E-state index in [-0.39, 0.29) is 0 Å². The average molecular weight is 394 g/mol. The summed E-state index contributed by atoms with van der Waals surface area (Å²) in [7, 11) is 4.61. The van der Waals surface area contributed by atoms with Gasteiger partial charge in [-0.3, -0.25) is 4.79 Å². The van der Waals surface area contributed by atoms with E-state index >= 15 is 0 Å². The van der Waals surface area contributed by atoms with Gasteiger partial charge >= 0.3 is 28.2 Å². The SMILES string of the molecule is [Cl][Pt].[NH-]CC[SH+]CC([NH-])C(=O)O. The van der Waals surface area contributed by atoms with Crippen molar-refractivity contribution in [2.24, 2.45) is 0 Å². The second-order valence-corrected chi connectivity index (χ2v) is 3.03. The van der Waals surface area contributed by atoms with E-state index in [4.69, 9.17) is 16.6 Å². The summed E-state index contributed by atoms with van der Waals surface area (Å²) in [5.41, 5.74) is 13.7. The molecule has 0 aromatic heterocycles. The van der Waals surface area contributed by atoms with E-state index in [2.05, 4.69) is 9.42 Å². The molecule has 0 aliphatic carbocycles. The molecule has 4 nitrogen and oxygen atoms in total. The summed E-state index contributed by atoms with van der Waals surface area (Å²) in [4.78, 5) is 10.1. The zero-order chi connectivity index (χ0) is 9.98. The zero-order valence-electron chi connectivity index (χ0n) is 6.20. The molecular weight excluding hydrogens is 383 g/mol. The Hall–Kier alpha value is 0.718. The van der Waals surface area contributed by atoms with Crippen LogP contribution in [0.1, 0.15) is 0 Å². The van der Waals surface area contributed by atoms with Gasteiger partial charge in [-0.25, -0.2) is 0 Å². The molecule has 0 saturated heterocycles. The summed E-state index contributed by atoms with van der Waals surface area (Å²) >= 11 is 2.50. The molecule has 0 rings (SSSR count). The number of thiol groups is 1. The second kappa shape index (κ2) is 11.7. The first kappa shape index (κ1) is 15.2. The molecule has 7 heteroatoms. The predicted octanol–water partition coefficient (Wildman–Crippen LogP) is 1.05. The number of halogens is 1. The van der Waals surface area contributed by atoms with Crippen molar-refractivity contribution in [1.29, 1.82) is 0 Å². The summed E-state index contributed by atoms with van der Waals surface area (Å²) < 4.78 is 0. The third-order valence-electron chi connectivity index (χ3n) is 0.880. The largest absolute Gasteiger partial charge is 0.674 e. The smallest absolute Gasteiger partial charge is 0.290 e. The van der Waals surface area contributed by atoms with Gasteiger partial charge in [-0.2, -0.15) is 0 Å². The first-order valence-electron chi connectivity index (χ1n) is 3.02. The molecule has 3 N–H and O–H groups in total. The van der Waals surface area contributed by atoms with E-state index in [0.29, 0.717) is 18.1 Å². The molecule has 0 amide bonds. The van der Waals surface area contributed by atoms with Gasteiger partial charge in [0.05, 0.1) is 11.5 Å². The van der Waals surface area contributed by atoms with Crippen molar-refractivity contribution in [1.82, 2.24) is 0 Å². The number of carboxylic acid groups (broad SMARTS) is 1. The number of rotatable bonds is 5. The Bertz CT molecular complexity index is 120. The zero-order valence-corrected chi connectivity index (χ0v) is 10.1. The van der Waals surface area contributed by atoms with Crippen LogP contribution in [0, 0.1) is 0 Å². The monoisotopic (exact) mass is 393 g/mol. The first-order valence-corrected chi connectivity index (χ1v) is 7.10. The van der Waals surface area contributed by atoms with Crippen molar-refractivity contribution >= 4 is 27.1 Å². The van der Waals surface area contributed by atoms with E-state index in [1.165, 1.54) is 0 Å².